The van der Waals surface area contributed by atoms with Crippen molar-refractivity contribution in [2.75, 3.05) is 25.1 Å². The second-order valence-electron chi connectivity index (χ2n) is 4.46. The molecule has 0 unspecified atom stereocenters. The van der Waals surface area contributed by atoms with Crippen LogP contribution in [0.25, 0.3) is 0 Å². The summed E-state index contributed by atoms with van der Waals surface area (Å²) in [5.74, 6) is 0.648. The van der Waals surface area contributed by atoms with E-state index >= 15 is 0 Å². The summed E-state index contributed by atoms with van der Waals surface area (Å²) >= 11 is 1.01. The fourth-order valence-corrected chi connectivity index (χ4v) is 3.69. The van der Waals surface area contributed by atoms with Gasteiger partial charge in [0.2, 0.25) is 10.0 Å². The summed E-state index contributed by atoms with van der Waals surface area (Å²) in [4.78, 5) is 8.25. The predicted molar refractivity (Wildman–Crippen MR) is 81.5 cm³/mol. The monoisotopic (exact) mass is 328 g/mol. The lowest BCUT2D eigenvalue weighted by molar-refractivity contribution is 0.521. The second-order valence-corrected chi connectivity index (χ2v) is 7.32. The molecule has 0 saturated carbocycles. The molecule has 2 rings (SSSR count). The Morgan fingerprint density at radius 3 is 2.76 bits per heavy atom. The van der Waals surface area contributed by atoms with E-state index in [9.17, 15) is 8.42 Å². The smallest absolute Gasteiger partial charge is 0.249 e. The molecule has 2 aromatic rings. The fraction of sp³-hybridized carbons (Fsp3) is 0.364. The standard InChI is InChI=1S/C11H16N6O2S2/c1-7-13-5-4-8(15-7)6-14-11-9(10(12)16-20-11)21(18,19)17(2)3/h4-5,14H,6H2,1-3H3,(H2,12,16). The Labute approximate surface area is 127 Å². The van der Waals surface area contributed by atoms with Gasteiger partial charge in [0.1, 0.15) is 10.8 Å². The molecule has 114 valence electrons. The van der Waals surface area contributed by atoms with E-state index in [1.165, 1.54) is 14.1 Å². The first-order valence-corrected chi connectivity index (χ1v) is 8.24. The normalized spacial score (nSPS) is 11.8. The quantitative estimate of drug-likeness (QED) is 0.829. The minimum atomic E-state index is -3.65. The summed E-state index contributed by atoms with van der Waals surface area (Å²) in [6.45, 7) is 2.15. The highest BCUT2D eigenvalue weighted by Crippen LogP contribution is 2.33. The van der Waals surface area contributed by atoms with Gasteiger partial charge in [-0.2, -0.15) is 4.37 Å². The van der Waals surface area contributed by atoms with Crippen LogP contribution in [-0.4, -0.2) is 41.2 Å². The Morgan fingerprint density at radius 1 is 1.43 bits per heavy atom. The first-order valence-electron chi connectivity index (χ1n) is 6.02. The average molecular weight is 328 g/mol. The number of aromatic nitrogens is 3. The first kappa shape index (κ1) is 15.6. The Hall–Kier alpha value is -1.78. The number of nitrogen functional groups attached to an aromatic ring is 1. The van der Waals surface area contributed by atoms with Crippen molar-refractivity contribution in [2.24, 2.45) is 0 Å². The third kappa shape index (κ3) is 3.28. The number of nitrogens with zero attached hydrogens (tertiary/aromatic N) is 4. The van der Waals surface area contributed by atoms with Gasteiger partial charge in [0.25, 0.3) is 0 Å². The molecule has 3 N–H and O–H groups in total. The minimum Gasteiger partial charge on any atom is -0.382 e. The highest BCUT2D eigenvalue weighted by molar-refractivity contribution is 7.89. The Balaban J connectivity index is 2.27. The molecule has 8 nitrogen and oxygen atoms in total. The van der Waals surface area contributed by atoms with E-state index < -0.39 is 10.0 Å². The lowest BCUT2D eigenvalue weighted by atomic mass is 10.4. The van der Waals surface area contributed by atoms with Crippen LogP contribution in [-0.2, 0) is 16.6 Å². The number of rotatable bonds is 5. The SMILES string of the molecule is Cc1nccc(CNc2snc(N)c2S(=O)(=O)N(C)C)n1. The number of hydrogen-bond donors (Lipinski definition) is 2. The molecule has 0 bridgehead atoms. The van der Waals surface area contributed by atoms with Crippen LogP contribution in [0.5, 0.6) is 0 Å². The Morgan fingerprint density at radius 2 is 2.14 bits per heavy atom. The van der Waals surface area contributed by atoms with E-state index in [0.717, 1.165) is 21.5 Å². The van der Waals surface area contributed by atoms with Crippen molar-refractivity contribution in [3.63, 3.8) is 0 Å². The van der Waals surface area contributed by atoms with E-state index in [2.05, 4.69) is 19.7 Å². The van der Waals surface area contributed by atoms with E-state index in [0.29, 0.717) is 17.4 Å². The topological polar surface area (TPSA) is 114 Å². The maximum Gasteiger partial charge on any atom is 0.249 e. The number of sulfonamides is 1. The molecule has 0 fully saturated rings. The molecule has 0 radical (unpaired) electrons. The van der Waals surface area contributed by atoms with Crippen molar-refractivity contribution in [1.29, 1.82) is 0 Å². The van der Waals surface area contributed by atoms with Crippen LogP contribution >= 0.6 is 11.5 Å². The zero-order valence-electron chi connectivity index (χ0n) is 11.9. The van der Waals surface area contributed by atoms with Crippen molar-refractivity contribution in [2.45, 2.75) is 18.4 Å². The number of nitrogens with one attached hydrogen (secondary N) is 1. The number of anilines is 2. The first-order chi connectivity index (χ1) is 9.82. The third-order valence-corrected chi connectivity index (χ3v) is 5.52. The number of hydrogen-bond acceptors (Lipinski definition) is 8. The molecule has 0 atom stereocenters. The van der Waals surface area contributed by atoms with Crippen LogP contribution in [0.4, 0.5) is 10.8 Å². The Bertz CT molecular complexity index is 741. The summed E-state index contributed by atoms with van der Waals surface area (Å²) in [6, 6.07) is 1.75. The molecular formula is C11H16N6O2S2. The maximum atomic E-state index is 12.2. The van der Waals surface area contributed by atoms with Crippen molar-refractivity contribution in [3.8, 4) is 0 Å². The van der Waals surface area contributed by atoms with E-state index in [-0.39, 0.29) is 10.7 Å². The van der Waals surface area contributed by atoms with Crippen molar-refractivity contribution in [3.05, 3.63) is 23.8 Å². The number of nitrogens with two attached hydrogens (primary N) is 1. The van der Waals surface area contributed by atoms with Gasteiger partial charge in [-0.15, -0.1) is 0 Å². The zero-order chi connectivity index (χ0) is 15.6. The van der Waals surface area contributed by atoms with Gasteiger partial charge >= 0.3 is 0 Å². The van der Waals surface area contributed by atoms with Crippen molar-refractivity contribution < 1.29 is 8.42 Å². The summed E-state index contributed by atoms with van der Waals surface area (Å²) in [5, 5.41) is 3.42. The average Bonchev–Trinajstić information content (AvgIpc) is 2.78. The molecule has 0 amide bonds. The summed E-state index contributed by atoms with van der Waals surface area (Å²) in [6.07, 6.45) is 1.65. The molecule has 0 saturated heterocycles. The minimum absolute atomic E-state index is 0.00304. The van der Waals surface area contributed by atoms with Crippen LogP contribution in [0, 0.1) is 6.92 Å². The van der Waals surface area contributed by atoms with Gasteiger partial charge in [-0.1, -0.05) is 0 Å². The Kier molecular flexibility index (Phi) is 4.40. The van der Waals surface area contributed by atoms with Gasteiger partial charge in [-0.3, -0.25) is 0 Å². The maximum absolute atomic E-state index is 12.2. The van der Waals surface area contributed by atoms with Gasteiger partial charge < -0.3 is 11.1 Å². The summed E-state index contributed by atoms with van der Waals surface area (Å²) in [7, 11) is -0.750. The van der Waals surface area contributed by atoms with E-state index in [1.807, 2.05) is 0 Å². The molecule has 0 aliphatic rings. The fourth-order valence-electron chi connectivity index (χ4n) is 1.61. The van der Waals surface area contributed by atoms with Crippen LogP contribution < -0.4 is 11.1 Å². The van der Waals surface area contributed by atoms with Gasteiger partial charge in [0.15, 0.2) is 10.7 Å². The molecular weight excluding hydrogens is 312 g/mol. The molecule has 0 aromatic carbocycles. The van der Waals surface area contributed by atoms with Gasteiger partial charge in [0.05, 0.1) is 12.2 Å². The number of aryl methyl sites for hydroxylation is 1. The van der Waals surface area contributed by atoms with Crippen molar-refractivity contribution in [1.82, 2.24) is 18.6 Å². The predicted octanol–water partition coefficient (Wildman–Crippen LogP) is 0.686. The molecule has 21 heavy (non-hydrogen) atoms. The summed E-state index contributed by atoms with van der Waals surface area (Å²) < 4.78 is 29.5. The highest BCUT2D eigenvalue weighted by atomic mass is 32.2. The molecule has 0 aliphatic carbocycles. The van der Waals surface area contributed by atoms with Crippen LogP contribution in [0.1, 0.15) is 11.5 Å². The lowest BCUT2D eigenvalue weighted by Crippen LogP contribution is -2.23. The molecule has 10 heteroatoms. The molecule has 2 heterocycles. The lowest BCUT2D eigenvalue weighted by Gasteiger charge is -2.12. The molecule has 2 aromatic heterocycles. The third-order valence-electron chi connectivity index (χ3n) is 2.68. The van der Waals surface area contributed by atoms with Crippen molar-refractivity contribution >= 4 is 32.4 Å². The van der Waals surface area contributed by atoms with Crippen LogP contribution in [0.3, 0.4) is 0 Å². The van der Waals surface area contributed by atoms with Gasteiger partial charge in [-0.25, -0.2) is 22.7 Å². The molecule has 0 spiro atoms. The summed E-state index contributed by atoms with van der Waals surface area (Å²) in [5.41, 5.74) is 6.44. The van der Waals surface area contributed by atoms with E-state index in [4.69, 9.17) is 5.73 Å². The largest absolute Gasteiger partial charge is 0.382 e. The van der Waals surface area contributed by atoms with Gasteiger partial charge in [-0.05, 0) is 24.5 Å². The van der Waals surface area contributed by atoms with Crippen LogP contribution in [0.2, 0.25) is 0 Å². The molecule has 0 aliphatic heterocycles. The second kappa shape index (κ2) is 5.92. The highest BCUT2D eigenvalue weighted by Gasteiger charge is 2.27. The zero-order valence-corrected chi connectivity index (χ0v) is 13.5. The van der Waals surface area contributed by atoms with E-state index in [1.54, 1.807) is 19.2 Å². The van der Waals surface area contributed by atoms with Gasteiger partial charge in [0, 0.05) is 20.3 Å². The van der Waals surface area contributed by atoms with Crippen LogP contribution in [0.15, 0.2) is 17.2 Å².